The van der Waals surface area contributed by atoms with E-state index in [-0.39, 0.29) is 11.9 Å². The lowest BCUT2D eigenvalue weighted by Crippen LogP contribution is -2.31. The zero-order valence-corrected chi connectivity index (χ0v) is 12.4. The average Bonchev–Trinajstić information content (AvgIpc) is 3.06. The fourth-order valence-corrected chi connectivity index (χ4v) is 3.29. The Morgan fingerprint density at radius 1 is 1.53 bits per heavy atom. The smallest absolute Gasteiger partial charge is 0.271 e. The third-order valence-corrected chi connectivity index (χ3v) is 4.12. The number of rotatable bonds is 2. The Bertz CT molecular complexity index is 588. The molecule has 100 valence electrons. The van der Waals surface area contributed by atoms with Gasteiger partial charge in [0, 0.05) is 36.2 Å². The summed E-state index contributed by atoms with van der Waals surface area (Å²) in [5.41, 5.74) is 1.85. The van der Waals surface area contributed by atoms with Gasteiger partial charge in [0.2, 0.25) is 0 Å². The maximum absolute atomic E-state index is 12.7. The normalized spacial score (nSPS) is 19.1. The van der Waals surface area contributed by atoms with Gasteiger partial charge in [0.1, 0.15) is 5.69 Å². The fraction of sp³-hybridized carbons (Fsp3) is 0.357. The van der Waals surface area contributed by atoms with Crippen molar-refractivity contribution >= 4 is 21.8 Å². The number of hydrogen-bond donors (Lipinski definition) is 1. The number of nitrogens with one attached hydrogen (secondary N) is 1. The van der Waals surface area contributed by atoms with Crippen LogP contribution < -0.4 is 0 Å². The second-order valence-corrected chi connectivity index (χ2v) is 5.85. The number of hydrogen-bond acceptors (Lipinski definition) is 1. The average molecular weight is 322 g/mol. The van der Waals surface area contributed by atoms with Gasteiger partial charge in [-0.25, -0.2) is 0 Å². The van der Waals surface area contributed by atoms with Crippen molar-refractivity contribution in [2.75, 3.05) is 6.54 Å². The van der Waals surface area contributed by atoms with E-state index in [0.29, 0.717) is 0 Å². The van der Waals surface area contributed by atoms with Gasteiger partial charge < -0.3 is 14.5 Å². The van der Waals surface area contributed by atoms with Gasteiger partial charge in [-0.3, -0.25) is 4.79 Å². The number of nitrogens with zero attached hydrogens (tertiary/aromatic N) is 2. The Balaban J connectivity index is 1.89. The number of aromatic nitrogens is 2. The molecule has 1 atom stereocenters. The van der Waals surface area contributed by atoms with Crippen LogP contribution in [-0.2, 0) is 7.05 Å². The summed E-state index contributed by atoms with van der Waals surface area (Å²) in [6.45, 7) is 0.825. The number of carbonyl (C=O) groups excluding carboxylic acids is 1. The molecule has 5 heteroatoms. The first-order chi connectivity index (χ1) is 9.16. The van der Waals surface area contributed by atoms with Crippen LogP contribution in [0.15, 0.2) is 35.1 Å². The maximum atomic E-state index is 12.7. The van der Waals surface area contributed by atoms with Crippen LogP contribution in [0.25, 0.3) is 0 Å². The molecule has 3 heterocycles. The number of amides is 1. The lowest BCUT2D eigenvalue weighted by atomic mass is 10.1. The highest BCUT2D eigenvalue weighted by Crippen LogP contribution is 2.32. The first-order valence-corrected chi connectivity index (χ1v) is 7.22. The molecule has 0 aliphatic carbocycles. The fourth-order valence-electron chi connectivity index (χ4n) is 2.77. The Hall–Kier alpha value is -1.49. The molecule has 1 unspecified atom stereocenters. The van der Waals surface area contributed by atoms with Crippen LogP contribution in [0.1, 0.15) is 35.1 Å². The minimum absolute atomic E-state index is 0.102. The summed E-state index contributed by atoms with van der Waals surface area (Å²) >= 11 is 3.42. The topological polar surface area (TPSA) is 41.0 Å². The zero-order valence-electron chi connectivity index (χ0n) is 10.8. The number of likely N-dealkylation sites (tertiary alicyclic amines) is 1. The van der Waals surface area contributed by atoms with Gasteiger partial charge in [0.25, 0.3) is 5.91 Å². The highest BCUT2D eigenvalue weighted by atomic mass is 79.9. The predicted molar refractivity (Wildman–Crippen MR) is 76.9 cm³/mol. The number of aromatic amines is 1. The maximum Gasteiger partial charge on any atom is 0.271 e. The van der Waals surface area contributed by atoms with Gasteiger partial charge in [-0.2, -0.15) is 0 Å². The van der Waals surface area contributed by atoms with Crippen LogP contribution in [0.4, 0.5) is 0 Å². The monoisotopic (exact) mass is 321 g/mol. The van der Waals surface area contributed by atoms with Crippen LogP contribution in [0.5, 0.6) is 0 Å². The molecule has 2 aromatic rings. The van der Waals surface area contributed by atoms with Crippen LogP contribution in [0.2, 0.25) is 0 Å². The zero-order chi connectivity index (χ0) is 13.4. The van der Waals surface area contributed by atoms with E-state index in [1.807, 2.05) is 41.0 Å². The van der Waals surface area contributed by atoms with Crippen LogP contribution in [0, 0.1) is 0 Å². The lowest BCUT2D eigenvalue weighted by Gasteiger charge is -2.24. The standard InChI is InChI=1S/C14H16BrN3O/c1-17-9-10(15)8-13(17)14(19)18-7-3-5-12(18)11-4-2-6-16-11/h2,4,6,8-9,12,16H,3,5,7H2,1H3. The van der Waals surface area contributed by atoms with E-state index in [9.17, 15) is 4.79 Å². The third kappa shape index (κ3) is 2.23. The number of halogens is 1. The van der Waals surface area contributed by atoms with Gasteiger partial charge in [-0.05, 0) is 47.0 Å². The van der Waals surface area contributed by atoms with Crippen molar-refractivity contribution in [3.05, 3.63) is 46.5 Å². The van der Waals surface area contributed by atoms with Crippen LogP contribution in [0.3, 0.4) is 0 Å². The summed E-state index contributed by atoms with van der Waals surface area (Å²) in [4.78, 5) is 17.8. The lowest BCUT2D eigenvalue weighted by molar-refractivity contribution is 0.0723. The molecule has 4 nitrogen and oxygen atoms in total. The quantitative estimate of drug-likeness (QED) is 0.907. The molecule has 1 N–H and O–H groups in total. The number of H-pyrrole nitrogens is 1. The second-order valence-electron chi connectivity index (χ2n) is 4.94. The van der Waals surface area contributed by atoms with Gasteiger partial charge >= 0.3 is 0 Å². The van der Waals surface area contributed by atoms with Crippen molar-refractivity contribution in [3.63, 3.8) is 0 Å². The second kappa shape index (κ2) is 4.89. The summed E-state index contributed by atoms with van der Waals surface area (Å²) in [5.74, 6) is 0.102. The van der Waals surface area contributed by atoms with Gasteiger partial charge in [0.05, 0.1) is 6.04 Å². The molecule has 0 bridgehead atoms. The van der Waals surface area contributed by atoms with Crippen molar-refractivity contribution in [1.29, 1.82) is 0 Å². The Kier molecular flexibility index (Phi) is 3.22. The van der Waals surface area contributed by atoms with E-state index in [1.165, 1.54) is 0 Å². The minimum Gasteiger partial charge on any atom is -0.363 e. The van der Waals surface area contributed by atoms with Crippen LogP contribution in [-0.4, -0.2) is 26.9 Å². The summed E-state index contributed by atoms with van der Waals surface area (Å²) in [6, 6.07) is 6.09. The van der Waals surface area contributed by atoms with E-state index < -0.39 is 0 Å². The first-order valence-electron chi connectivity index (χ1n) is 6.43. The van der Waals surface area contributed by atoms with E-state index in [4.69, 9.17) is 0 Å². The molecule has 2 aromatic heterocycles. The Morgan fingerprint density at radius 2 is 2.37 bits per heavy atom. The van der Waals surface area contributed by atoms with E-state index >= 15 is 0 Å². The molecule has 0 spiro atoms. The molecular formula is C14H16BrN3O. The largest absolute Gasteiger partial charge is 0.363 e. The van der Waals surface area contributed by atoms with E-state index in [0.717, 1.165) is 35.2 Å². The van der Waals surface area contributed by atoms with Crippen molar-refractivity contribution in [1.82, 2.24) is 14.5 Å². The summed E-state index contributed by atoms with van der Waals surface area (Å²) < 4.78 is 2.81. The Labute approximate surface area is 120 Å². The summed E-state index contributed by atoms with van der Waals surface area (Å²) in [5, 5.41) is 0. The molecule has 1 aliphatic heterocycles. The van der Waals surface area contributed by atoms with Crippen molar-refractivity contribution in [2.24, 2.45) is 7.05 Å². The SMILES string of the molecule is Cn1cc(Br)cc1C(=O)N1CCCC1c1ccc[nH]1. The molecule has 1 saturated heterocycles. The predicted octanol–water partition coefficient (Wildman–Crippen LogP) is 3.09. The molecule has 3 rings (SSSR count). The van der Waals surface area contributed by atoms with Crippen molar-refractivity contribution in [3.8, 4) is 0 Å². The molecule has 1 aliphatic rings. The minimum atomic E-state index is 0.102. The van der Waals surface area contributed by atoms with Gasteiger partial charge in [-0.15, -0.1) is 0 Å². The molecule has 1 amide bonds. The molecule has 19 heavy (non-hydrogen) atoms. The molecule has 1 fully saturated rings. The number of carbonyl (C=O) groups is 1. The van der Waals surface area contributed by atoms with Crippen molar-refractivity contribution in [2.45, 2.75) is 18.9 Å². The van der Waals surface area contributed by atoms with Crippen LogP contribution >= 0.6 is 15.9 Å². The third-order valence-electron chi connectivity index (χ3n) is 3.69. The van der Waals surface area contributed by atoms with Crippen molar-refractivity contribution < 1.29 is 4.79 Å². The first kappa shape index (κ1) is 12.5. The number of aryl methyl sites for hydroxylation is 1. The van der Waals surface area contributed by atoms with E-state index in [2.05, 4.69) is 27.0 Å². The van der Waals surface area contributed by atoms with Gasteiger partial charge in [0.15, 0.2) is 0 Å². The van der Waals surface area contributed by atoms with E-state index in [1.54, 1.807) is 0 Å². The summed E-state index contributed by atoms with van der Waals surface area (Å²) in [7, 11) is 1.90. The molecule has 0 radical (unpaired) electrons. The molecule has 0 saturated carbocycles. The molecule has 0 aromatic carbocycles. The highest BCUT2D eigenvalue weighted by molar-refractivity contribution is 9.10. The highest BCUT2D eigenvalue weighted by Gasteiger charge is 2.32. The Morgan fingerprint density at radius 3 is 3.00 bits per heavy atom. The summed E-state index contributed by atoms with van der Waals surface area (Å²) in [6.07, 6.45) is 5.90. The molecular weight excluding hydrogens is 306 g/mol. The van der Waals surface area contributed by atoms with Gasteiger partial charge in [-0.1, -0.05) is 0 Å².